The van der Waals surface area contributed by atoms with Crippen LogP contribution in [0, 0.1) is 11.8 Å². The smallest absolute Gasteiger partial charge is 0.306 e. The van der Waals surface area contributed by atoms with Crippen LogP contribution in [-0.2, 0) is 4.79 Å². The van der Waals surface area contributed by atoms with Crippen molar-refractivity contribution in [3.63, 3.8) is 0 Å². The van der Waals surface area contributed by atoms with Crippen molar-refractivity contribution < 1.29 is 9.90 Å². The lowest BCUT2D eigenvalue weighted by Crippen LogP contribution is -2.31. The second-order valence-electron chi connectivity index (χ2n) is 5.61. The molecule has 5 heteroatoms. The number of fused-ring (bicyclic) bond motifs is 1. The summed E-state index contributed by atoms with van der Waals surface area (Å²) in [5.74, 6) is -0.0290. The number of hydrogen-bond acceptors (Lipinski definition) is 4. The molecule has 1 saturated carbocycles. The number of aliphatic carboxylic acids is 1. The summed E-state index contributed by atoms with van der Waals surface area (Å²) in [5.41, 5.74) is 1.71. The molecule has 110 valence electrons. The summed E-state index contributed by atoms with van der Waals surface area (Å²) in [5, 5.41) is 12.5. The van der Waals surface area contributed by atoms with E-state index in [9.17, 15) is 9.90 Å². The highest BCUT2D eigenvalue weighted by molar-refractivity contribution is 5.75. The van der Waals surface area contributed by atoms with Crippen LogP contribution in [0.2, 0.25) is 0 Å². The zero-order chi connectivity index (χ0) is 14.7. The molecule has 1 aliphatic rings. The summed E-state index contributed by atoms with van der Waals surface area (Å²) in [6.07, 6.45) is 5.58. The van der Waals surface area contributed by atoms with Crippen molar-refractivity contribution in [1.82, 2.24) is 9.97 Å². The van der Waals surface area contributed by atoms with Gasteiger partial charge in [0.15, 0.2) is 0 Å². The zero-order valence-corrected chi connectivity index (χ0v) is 11.8. The minimum Gasteiger partial charge on any atom is -0.481 e. The predicted octanol–water partition coefficient (Wildman–Crippen LogP) is 2.93. The predicted molar refractivity (Wildman–Crippen MR) is 81.1 cm³/mol. The Morgan fingerprint density at radius 1 is 1.24 bits per heavy atom. The van der Waals surface area contributed by atoms with E-state index in [2.05, 4.69) is 15.3 Å². The first-order valence-electron chi connectivity index (χ1n) is 7.42. The Labute approximate surface area is 123 Å². The minimum absolute atomic E-state index is 0.171. The molecule has 5 nitrogen and oxygen atoms in total. The molecule has 1 aliphatic carbocycles. The number of carboxylic acids is 1. The monoisotopic (exact) mass is 285 g/mol. The number of nitrogens with one attached hydrogen (secondary N) is 1. The van der Waals surface area contributed by atoms with Gasteiger partial charge >= 0.3 is 5.97 Å². The van der Waals surface area contributed by atoms with Gasteiger partial charge in [-0.1, -0.05) is 25.0 Å². The van der Waals surface area contributed by atoms with E-state index in [4.69, 9.17) is 0 Å². The topological polar surface area (TPSA) is 75.1 Å². The molecule has 0 amide bonds. The molecule has 0 bridgehead atoms. The minimum atomic E-state index is -0.675. The van der Waals surface area contributed by atoms with Gasteiger partial charge in [0.2, 0.25) is 0 Å². The second-order valence-corrected chi connectivity index (χ2v) is 5.61. The molecule has 1 aromatic heterocycles. The van der Waals surface area contributed by atoms with Crippen molar-refractivity contribution in [3.8, 4) is 0 Å². The fraction of sp³-hybridized carbons (Fsp3) is 0.438. The summed E-state index contributed by atoms with van der Waals surface area (Å²) in [7, 11) is 0. The first kappa shape index (κ1) is 13.8. The summed E-state index contributed by atoms with van der Waals surface area (Å²) >= 11 is 0. The lowest BCUT2D eigenvalue weighted by atomic mass is 9.79. The number of aromatic nitrogens is 2. The lowest BCUT2D eigenvalue weighted by Gasteiger charge is -2.28. The number of hydrogen-bond donors (Lipinski definition) is 2. The van der Waals surface area contributed by atoms with Gasteiger partial charge in [-0.05, 0) is 30.9 Å². The van der Waals surface area contributed by atoms with Crippen molar-refractivity contribution in [2.45, 2.75) is 25.7 Å². The Hall–Kier alpha value is -2.17. The molecule has 21 heavy (non-hydrogen) atoms. The Morgan fingerprint density at radius 3 is 2.81 bits per heavy atom. The van der Waals surface area contributed by atoms with Crippen LogP contribution in [0.3, 0.4) is 0 Å². The maximum absolute atomic E-state index is 11.3. The standard InChI is InChI=1S/C16H19N3O2/c20-16(21)12-6-2-1-5-11(12)9-18-15-10-17-13-7-3-4-8-14(13)19-15/h3-4,7-8,10-12H,1-2,5-6,9H2,(H,18,19)(H,20,21). The van der Waals surface area contributed by atoms with Gasteiger partial charge in [0.1, 0.15) is 5.82 Å². The molecule has 1 aromatic carbocycles. The average molecular weight is 285 g/mol. The number of carbonyl (C=O) groups is 1. The molecular weight excluding hydrogens is 266 g/mol. The Kier molecular flexibility index (Phi) is 3.99. The van der Waals surface area contributed by atoms with Crippen molar-refractivity contribution in [2.24, 2.45) is 11.8 Å². The number of anilines is 1. The van der Waals surface area contributed by atoms with E-state index in [-0.39, 0.29) is 11.8 Å². The van der Waals surface area contributed by atoms with E-state index in [1.807, 2.05) is 24.3 Å². The Bertz CT molecular complexity index is 644. The van der Waals surface area contributed by atoms with E-state index in [0.717, 1.165) is 36.7 Å². The number of para-hydroxylation sites is 2. The summed E-state index contributed by atoms with van der Waals surface area (Å²) in [4.78, 5) is 20.2. The van der Waals surface area contributed by atoms with Gasteiger partial charge in [-0.25, -0.2) is 4.98 Å². The van der Waals surface area contributed by atoms with Crippen LogP contribution in [0.4, 0.5) is 5.82 Å². The average Bonchev–Trinajstić information content (AvgIpc) is 2.53. The number of nitrogens with zero attached hydrogens (tertiary/aromatic N) is 2. The van der Waals surface area contributed by atoms with Crippen LogP contribution in [0.1, 0.15) is 25.7 Å². The van der Waals surface area contributed by atoms with Gasteiger partial charge in [0.25, 0.3) is 0 Å². The van der Waals surface area contributed by atoms with Gasteiger partial charge in [-0.2, -0.15) is 0 Å². The molecule has 0 radical (unpaired) electrons. The van der Waals surface area contributed by atoms with Gasteiger partial charge in [0.05, 0.1) is 23.1 Å². The third-order valence-electron chi connectivity index (χ3n) is 4.22. The van der Waals surface area contributed by atoms with E-state index in [0.29, 0.717) is 12.4 Å². The molecule has 2 N–H and O–H groups in total. The van der Waals surface area contributed by atoms with Crippen LogP contribution in [0.15, 0.2) is 30.5 Å². The van der Waals surface area contributed by atoms with Crippen LogP contribution in [0.5, 0.6) is 0 Å². The van der Waals surface area contributed by atoms with Crippen LogP contribution in [0.25, 0.3) is 11.0 Å². The number of rotatable bonds is 4. The van der Waals surface area contributed by atoms with Crippen molar-refractivity contribution in [2.75, 3.05) is 11.9 Å². The fourth-order valence-electron chi connectivity index (χ4n) is 3.06. The van der Waals surface area contributed by atoms with Crippen molar-refractivity contribution in [3.05, 3.63) is 30.5 Å². The highest BCUT2D eigenvalue weighted by atomic mass is 16.4. The molecule has 1 heterocycles. The Balaban J connectivity index is 1.69. The Morgan fingerprint density at radius 2 is 2.00 bits per heavy atom. The molecule has 2 atom stereocenters. The third-order valence-corrected chi connectivity index (χ3v) is 4.22. The van der Waals surface area contributed by atoms with Crippen LogP contribution >= 0.6 is 0 Å². The maximum atomic E-state index is 11.3. The molecular formula is C16H19N3O2. The molecule has 0 aliphatic heterocycles. The summed E-state index contributed by atoms with van der Waals surface area (Å²) in [6.45, 7) is 0.643. The molecule has 1 fully saturated rings. The second kappa shape index (κ2) is 6.08. The number of carboxylic acid groups (broad SMARTS) is 1. The first-order chi connectivity index (χ1) is 10.2. The molecule has 2 unspecified atom stereocenters. The van der Waals surface area contributed by atoms with E-state index < -0.39 is 5.97 Å². The van der Waals surface area contributed by atoms with Crippen LogP contribution < -0.4 is 5.32 Å². The highest BCUT2D eigenvalue weighted by Crippen LogP contribution is 2.30. The normalized spacial score (nSPS) is 22.1. The molecule has 3 rings (SSSR count). The number of benzene rings is 1. The van der Waals surface area contributed by atoms with Gasteiger partial charge in [-0.3, -0.25) is 9.78 Å². The van der Waals surface area contributed by atoms with E-state index in [1.54, 1.807) is 6.20 Å². The third kappa shape index (κ3) is 3.12. The van der Waals surface area contributed by atoms with Gasteiger partial charge in [0, 0.05) is 6.54 Å². The largest absolute Gasteiger partial charge is 0.481 e. The van der Waals surface area contributed by atoms with E-state index >= 15 is 0 Å². The lowest BCUT2D eigenvalue weighted by molar-refractivity contribution is -0.144. The molecule has 0 saturated heterocycles. The SMILES string of the molecule is O=C(O)C1CCCCC1CNc1cnc2ccccc2n1. The van der Waals surface area contributed by atoms with Crippen LogP contribution in [-0.4, -0.2) is 27.6 Å². The van der Waals surface area contributed by atoms with E-state index in [1.165, 1.54) is 0 Å². The van der Waals surface area contributed by atoms with Gasteiger partial charge in [-0.15, -0.1) is 0 Å². The fourth-order valence-corrected chi connectivity index (χ4v) is 3.06. The zero-order valence-electron chi connectivity index (χ0n) is 11.8. The van der Waals surface area contributed by atoms with Gasteiger partial charge < -0.3 is 10.4 Å². The first-order valence-corrected chi connectivity index (χ1v) is 7.42. The summed E-state index contributed by atoms with van der Waals surface area (Å²) in [6, 6.07) is 7.72. The molecule has 2 aromatic rings. The van der Waals surface area contributed by atoms with Crippen molar-refractivity contribution >= 4 is 22.8 Å². The highest BCUT2D eigenvalue weighted by Gasteiger charge is 2.30. The molecule has 0 spiro atoms. The van der Waals surface area contributed by atoms with Crippen molar-refractivity contribution in [1.29, 1.82) is 0 Å². The quantitative estimate of drug-likeness (QED) is 0.903. The maximum Gasteiger partial charge on any atom is 0.306 e. The summed E-state index contributed by atoms with van der Waals surface area (Å²) < 4.78 is 0.